The summed E-state index contributed by atoms with van der Waals surface area (Å²) in [5.74, 6) is 0.440. The highest BCUT2D eigenvalue weighted by atomic mass is 16.3. The highest BCUT2D eigenvalue weighted by Crippen LogP contribution is 2.18. The average Bonchev–Trinajstić information content (AvgIpc) is 2.52. The Labute approximate surface area is 129 Å². The van der Waals surface area contributed by atoms with Crippen molar-refractivity contribution in [3.63, 3.8) is 0 Å². The summed E-state index contributed by atoms with van der Waals surface area (Å²) >= 11 is 0. The second-order valence-corrected chi connectivity index (χ2v) is 6.13. The Hall–Kier alpha value is -1.15. The molecule has 0 radical (unpaired) electrons. The normalized spacial score (nSPS) is 13.9. The number of Topliss-reactive ketones (excluding diaryl/α,β-unsaturated/α-hetero) is 1. The van der Waals surface area contributed by atoms with Crippen LogP contribution in [0.1, 0.15) is 75.6 Å². The molecule has 2 unspecified atom stereocenters. The fraction of sp³-hybridized carbons (Fsp3) is 0.632. The van der Waals surface area contributed by atoms with E-state index in [-0.39, 0.29) is 5.78 Å². The van der Waals surface area contributed by atoms with Crippen LogP contribution >= 0.6 is 0 Å². The number of hydrogen-bond acceptors (Lipinski definition) is 2. The standard InChI is InChI=1S/C19H30O2/c1-3-4-5-6-8-11-16(2)14-15-18(20)19(21)17-12-9-7-10-13-17/h7,9-10,12-13,16,18,20H,3-6,8,11,14-15H2,1-2H3. The summed E-state index contributed by atoms with van der Waals surface area (Å²) in [5, 5.41) is 10.0. The van der Waals surface area contributed by atoms with E-state index >= 15 is 0 Å². The van der Waals surface area contributed by atoms with Crippen molar-refractivity contribution in [2.75, 3.05) is 0 Å². The van der Waals surface area contributed by atoms with E-state index in [0.29, 0.717) is 17.9 Å². The lowest BCUT2D eigenvalue weighted by molar-refractivity contribution is 0.0717. The Balaban J connectivity index is 2.20. The lowest BCUT2D eigenvalue weighted by Gasteiger charge is -2.14. The minimum atomic E-state index is -0.852. The summed E-state index contributed by atoms with van der Waals surface area (Å²) < 4.78 is 0. The Morgan fingerprint density at radius 1 is 1.00 bits per heavy atom. The molecule has 0 saturated carbocycles. The minimum Gasteiger partial charge on any atom is -0.385 e. The highest BCUT2D eigenvalue weighted by Gasteiger charge is 2.17. The number of unbranched alkanes of at least 4 members (excludes halogenated alkanes) is 4. The molecule has 0 aliphatic rings. The summed E-state index contributed by atoms with van der Waals surface area (Å²) in [6, 6.07) is 9.08. The molecule has 1 N–H and O–H groups in total. The van der Waals surface area contributed by atoms with Crippen molar-refractivity contribution in [3.8, 4) is 0 Å². The lowest BCUT2D eigenvalue weighted by atomic mass is 9.94. The number of rotatable bonds is 11. The van der Waals surface area contributed by atoms with E-state index in [4.69, 9.17) is 0 Å². The molecule has 0 aromatic heterocycles. The number of carbonyl (C=O) groups excluding carboxylic acids is 1. The van der Waals surface area contributed by atoms with Gasteiger partial charge in [-0.2, -0.15) is 0 Å². The molecule has 0 fully saturated rings. The molecule has 0 spiro atoms. The first-order chi connectivity index (χ1) is 10.1. The zero-order chi connectivity index (χ0) is 15.5. The van der Waals surface area contributed by atoms with Gasteiger partial charge in [-0.05, 0) is 18.8 Å². The third kappa shape index (κ3) is 7.42. The predicted molar refractivity (Wildman–Crippen MR) is 88.6 cm³/mol. The molecule has 0 amide bonds. The monoisotopic (exact) mass is 290 g/mol. The van der Waals surface area contributed by atoms with Gasteiger partial charge in [0.15, 0.2) is 5.78 Å². The largest absolute Gasteiger partial charge is 0.385 e. The van der Waals surface area contributed by atoms with E-state index < -0.39 is 6.10 Å². The van der Waals surface area contributed by atoms with Crippen molar-refractivity contribution in [2.45, 2.75) is 71.3 Å². The zero-order valence-electron chi connectivity index (χ0n) is 13.6. The van der Waals surface area contributed by atoms with E-state index in [1.165, 1.54) is 38.5 Å². The van der Waals surface area contributed by atoms with Crippen LogP contribution in [0.5, 0.6) is 0 Å². The van der Waals surface area contributed by atoms with Crippen molar-refractivity contribution in [1.82, 2.24) is 0 Å². The van der Waals surface area contributed by atoms with E-state index in [1.807, 2.05) is 18.2 Å². The van der Waals surface area contributed by atoms with Crippen LogP contribution in [0.4, 0.5) is 0 Å². The first-order valence-corrected chi connectivity index (χ1v) is 8.42. The first-order valence-electron chi connectivity index (χ1n) is 8.42. The summed E-state index contributed by atoms with van der Waals surface area (Å²) in [6.07, 6.45) is 8.37. The molecule has 1 aromatic rings. The Morgan fingerprint density at radius 2 is 1.67 bits per heavy atom. The minimum absolute atomic E-state index is 0.147. The van der Waals surface area contributed by atoms with Gasteiger partial charge in [-0.25, -0.2) is 0 Å². The van der Waals surface area contributed by atoms with Gasteiger partial charge in [0.25, 0.3) is 0 Å². The molecule has 0 bridgehead atoms. The van der Waals surface area contributed by atoms with Gasteiger partial charge in [-0.3, -0.25) is 4.79 Å². The predicted octanol–water partition coefficient (Wildman–Crippen LogP) is 5.01. The number of aliphatic hydroxyl groups excluding tert-OH is 1. The molecule has 0 heterocycles. The number of benzene rings is 1. The topological polar surface area (TPSA) is 37.3 Å². The molecule has 0 aliphatic carbocycles. The zero-order valence-corrected chi connectivity index (χ0v) is 13.6. The molecular formula is C19H30O2. The van der Waals surface area contributed by atoms with Crippen LogP contribution in [0.15, 0.2) is 30.3 Å². The van der Waals surface area contributed by atoms with Crippen LogP contribution in [-0.2, 0) is 0 Å². The van der Waals surface area contributed by atoms with Gasteiger partial charge in [0.2, 0.25) is 0 Å². The van der Waals surface area contributed by atoms with Gasteiger partial charge >= 0.3 is 0 Å². The van der Waals surface area contributed by atoms with Crippen molar-refractivity contribution in [2.24, 2.45) is 5.92 Å². The van der Waals surface area contributed by atoms with Crippen LogP contribution in [0.3, 0.4) is 0 Å². The van der Waals surface area contributed by atoms with Crippen LogP contribution in [-0.4, -0.2) is 17.0 Å². The molecule has 21 heavy (non-hydrogen) atoms. The number of hydrogen-bond donors (Lipinski definition) is 1. The number of aliphatic hydroxyl groups is 1. The van der Waals surface area contributed by atoms with Crippen molar-refractivity contribution in [1.29, 1.82) is 0 Å². The van der Waals surface area contributed by atoms with E-state index in [1.54, 1.807) is 12.1 Å². The Morgan fingerprint density at radius 3 is 2.33 bits per heavy atom. The fourth-order valence-electron chi connectivity index (χ4n) is 2.61. The molecular weight excluding hydrogens is 260 g/mol. The smallest absolute Gasteiger partial charge is 0.191 e. The molecule has 2 nitrogen and oxygen atoms in total. The van der Waals surface area contributed by atoms with Crippen LogP contribution in [0.25, 0.3) is 0 Å². The maximum Gasteiger partial charge on any atom is 0.191 e. The molecule has 1 rings (SSSR count). The molecule has 0 aliphatic heterocycles. The van der Waals surface area contributed by atoms with Gasteiger partial charge in [-0.1, -0.05) is 82.7 Å². The summed E-state index contributed by atoms with van der Waals surface area (Å²) in [5.41, 5.74) is 0.609. The van der Waals surface area contributed by atoms with Crippen LogP contribution in [0, 0.1) is 5.92 Å². The second kappa shape index (κ2) is 10.6. The SMILES string of the molecule is CCCCCCCC(C)CCC(O)C(=O)c1ccccc1. The molecule has 2 heteroatoms. The molecule has 118 valence electrons. The third-order valence-electron chi connectivity index (χ3n) is 4.09. The first kappa shape index (κ1) is 17.9. The maximum absolute atomic E-state index is 12.0. The van der Waals surface area contributed by atoms with Gasteiger partial charge in [0, 0.05) is 5.56 Å². The van der Waals surface area contributed by atoms with E-state index in [2.05, 4.69) is 13.8 Å². The van der Waals surface area contributed by atoms with Crippen LogP contribution in [0.2, 0.25) is 0 Å². The van der Waals surface area contributed by atoms with Gasteiger partial charge in [0.05, 0.1) is 0 Å². The maximum atomic E-state index is 12.0. The molecule has 2 atom stereocenters. The summed E-state index contributed by atoms with van der Waals surface area (Å²) in [4.78, 5) is 12.0. The van der Waals surface area contributed by atoms with Crippen molar-refractivity contribution in [3.05, 3.63) is 35.9 Å². The van der Waals surface area contributed by atoms with Gasteiger partial charge < -0.3 is 5.11 Å². The average molecular weight is 290 g/mol. The van der Waals surface area contributed by atoms with Gasteiger partial charge in [0.1, 0.15) is 6.10 Å². The third-order valence-corrected chi connectivity index (χ3v) is 4.09. The van der Waals surface area contributed by atoms with Gasteiger partial charge in [-0.15, -0.1) is 0 Å². The van der Waals surface area contributed by atoms with E-state index in [0.717, 1.165) is 6.42 Å². The number of carbonyl (C=O) groups is 1. The fourth-order valence-corrected chi connectivity index (χ4v) is 2.61. The quantitative estimate of drug-likeness (QED) is 0.459. The summed E-state index contributed by atoms with van der Waals surface area (Å²) in [7, 11) is 0. The summed E-state index contributed by atoms with van der Waals surface area (Å²) in [6.45, 7) is 4.45. The number of ketones is 1. The van der Waals surface area contributed by atoms with Crippen LogP contribution < -0.4 is 0 Å². The Bertz CT molecular complexity index is 386. The molecule has 1 aromatic carbocycles. The Kier molecular flexibility index (Phi) is 9.00. The highest BCUT2D eigenvalue weighted by molar-refractivity contribution is 5.99. The lowest BCUT2D eigenvalue weighted by Crippen LogP contribution is -2.21. The van der Waals surface area contributed by atoms with Crippen molar-refractivity contribution < 1.29 is 9.90 Å². The van der Waals surface area contributed by atoms with Crippen molar-refractivity contribution >= 4 is 5.78 Å². The second-order valence-electron chi connectivity index (χ2n) is 6.13. The van der Waals surface area contributed by atoms with E-state index in [9.17, 15) is 9.90 Å². The molecule has 0 saturated heterocycles.